The number of alkyl halides is 4. The Balaban J connectivity index is 1.78. The van der Waals surface area contributed by atoms with Crippen LogP contribution in [0.25, 0.3) is 11.4 Å². The maximum absolute atomic E-state index is 12.9. The van der Waals surface area contributed by atoms with Gasteiger partial charge in [0.05, 0.1) is 16.3 Å². The molecule has 29 heavy (non-hydrogen) atoms. The molecule has 0 N–H and O–H groups in total. The second-order valence-electron chi connectivity index (χ2n) is 5.81. The second-order valence-corrected chi connectivity index (χ2v) is 5.81. The van der Waals surface area contributed by atoms with Crippen molar-refractivity contribution in [3.8, 4) is 17.1 Å². The number of ether oxygens (including phenoxy) is 1. The molecule has 1 aromatic heterocycles. The second kappa shape index (κ2) is 7.73. The zero-order chi connectivity index (χ0) is 21.2. The molecule has 0 fully saturated rings. The van der Waals surface area contributed by atoms with E-state index in [0.717, 1.165) is 9.25 Å². The Bertz CT molecular complexity index is 1060. The van der Waals surface area contributed by atoms with Crippen molar-refractivity contribution in [3.63, 3.8) is 0 Å². The van der Waals surface area contributed by atoms with Gasteiger partial charge in [-0.1, -0.05) is 0 Å². The summed E-state index contributed by atoms with van der Waals surface area (Å²) in [7, 11) is 0. The van der Waals surface area contributed by atoms with Crippen molar-refractivity contribution in [2.75, 3.05) is 6.61 Å². The largest absolute Gasteiger partial charge is 0.487 e. The lowest BCUT2D eigenvalue weighted by atomic mass is 10.3. The molecular weight excluding hydrogens is 400 g/mol. The van der Waals surface area contributed by atoms with Gasteiger partial charge in [-0.15, -0.1) is 0 Å². The van der Waals surface area contributed by atoms with Gasteiger partial charge in [0.2, 0.25) is 0 Å². The number of hydrogen-bond donors (Lipinski definition) is 0. The highest BCUT2D eigenvalue weighted by Crippen LogP contribution is 2.24. The quantitative estimate of drug-likeness (QED) is 0.338. The maximum Gasteiger partial charge on any atom is 0.355 e. The molecule has 3 aromatic rings. The number of hydrogen-bond acceptors (Lipinski definition) is 5. The van der Waals surface area contributed by atoms with Crippen molar-refractivity contribution in [2.45, 2.75) is 12.3 Å². The fourth-order valence-corrected chi connectivity index (χ4v) is 2.32. The molecule has 0 bridgehead atoms. The standard InChI is InChI=1S/C17H12F4N4O4/c18-15(19)17(20,21)9-29-14-7-5-11(6-8-14)23-10-22-24(16(23)26)12-1-3-13(4-2-12)25(27)28/h1-8,10,15H,9H2. The first-order valence-electron chi connectivity index (χ1n) is 8.00. The molecule has 0 aliphatic carbocycles. The summed E-state index contributed by atoms with van der Waals surface area (Å²) in [6, 6.07) is 10.4. The molecular formula is C17H12F4N4O4. The minimum absolute atomic E-state index is 0.0788. The number of rotatable bonds is 7. The zero-order valence-corrected chi connectivity index (χ0v) is 14.4. The summed E-state index contributed by atoms with van der Waals surface area (Å²) in [6.45, 7) is -1.48. The normalized spacial score (nSPS) is 11.6. The fraction of sp³-hybridized carbons (Fsp3) is 0.176. The van der Waals surface area contributed by atoms with E-state index in [0.29, 0.717) is 11.4 Å². The molecule has 12 heteroatoms. The highest BCUT2D eigenvalue weighted by Gasteiger charge is 2.41. The Morgan fingerprint density at radius 2 is 1.66 bits per heavy atom. The third kappa shape index (κ3) is 4.25. The van der Waals surface area contributed by atoms with Gasteiger partial charge in [-0.05, 0) is 36.4 Å². The number of nitro groups is 1. The molecule has 0 saturated heterocycles. The predicted octanol–water partition coefficient (Wildman–Crippen LogP) is 3.21. The van der Waals surface area contributed by atoms with Gasteiger partial charge in [0.1, 0.15) is 12.1 Å². The third-order valence-electron chi connectivity index (χ3n) is 3.84. The molecule has 3 rings (SSSR count). The number of halogens is 4. The zero-order valence-electron chi connectivity index (χ0n) is 14.4. The van der Waals surface area contributed by atoms with Crippen LogP contribution >= 0.6 is 0 Å². The molecule has 1 heterocycles. The summed E-state index contributed by atoms with van der Waals surface area (Å²) < 4.78 is 56.9. The summed E-state index contributed by atoms with van der Waals surface area (Å²) in [5.41, 5.74) is -0.115. The molecule has 0 aliphatic rings. The van der Waals surface area contributed by atoms with Gasteiger partial charge in [0.25, 0.3) is 5.69 Å². The fourth-order valence-electron chi connectivity index (χ4n) is 2.32. The van der Waals surface area contributed by atoms with E-state index in [9.17, 15) is 32.5 Å². The van der Waals surface area contributed by atoms with Gasteiger partial charge < -0.3 is 4.74 Å². The minimum Gasteiger partial charge on any atom is -0.487 e. The van der Waals surface area contributed by atoms with Gasteiger partial charge in [-0.3, -0.25) is 10.1 Å². The summed E-state index contributed by atoms with van der Waals surface area (Å²) in [4.78, 5) is 22.6. The van der Waals surface area contributed by atoms with Crippen LogP contribution in [0.4, 0.5) is 23.2 Å². The number of aromatic nitrogens is 3. The Morgan fingerprint density at radius 1 is 1.07 bits per heavy atom. The highest BCUT2D eigenvalue weighted by molar-refractivity contribution is 5.41. The number of non-ortho nitro benzene ring substituents is 1. The first-order valence-corrected chi connectivity index (χ1v) is 8.00. The maximum atomic E-state index is 12.9. The van der Waals surface area contributed by atoms with Crippen LogP contribution in [0, 0.1) is 10.1 Å². The Labute approximate surface area is 159 Å². The molecule has 0 saturated carbocycles. The molecule has 0 unspecified atom stereocenters. The van der Waals surface area contributed by atoms with Crippen LogP contribution in [0.3, 0.4) is 0 Å². The van der Waals surface area contributed by atoms with E-state index in [2.05, 4.69) is 9.84 Å². The van der Waals surface area contributed by atoms with Crippen molar-refractivity contribution < 1.29 is 27.2 Å². The van der Waals surface area contributed by atoms with Crippen LogP contribution in [0.15, 0.2) is 59.7 Å². The van der Waals surface area contributed by atoms with E-state index >= 15 is 0 Å². The van der Waals surface area contributed by atoms with Gasteiger partial charge in [-0.2, -0.15) is 18.6 Å². The Kier molecular flexibility index (Phi) is 5.35. The van der Waals surface area contributed by atoms with Crippen LogP contribution in [0.5, 0.6) is 5.75 Å². The number of nitrogens with zero attached hydrogens (tertiary/aromatic N) is 4. The van der Waals surface area contributed by atoms with Gasteiger partial charge >= 0.3 is 18.0 Å². The minimum atomic E-state index is -4.28. The van der Waals surface area contributed by atoms with Gasteiger partial charge in [-0.25, -0.2) is 18.1 Å². The van der Waals surface area contributed by atoms with Crippen LogP contribution in [0.1, 0.15) is 0 Å². The van der Waals surface area contributed by atoms with Crippen molar-refractivity contribution in [2.24, 2.45) is 0 Å². The average molecular weight is 412 g/mol. The van der Waals surface area contributed by atoms with Crippen molar-refractivity contribution in [1.82, 2.24) is 14.3 Å². The van der Waals surface area contributed by atoms with Gasteiger partial charge in [0.15, 0.2) is 6.61 Å². The van der Waals surface area contributed by atoms with Crippen LogP contribution in [-0.2, 0) is 0 Å². The van der Waals surface area contributed by atoms with Crippen LogP contribution in [-0.4, -0.2) is 38.2 Å². The first kappa shape index (κ1) is 20.0. The third-order valence-corrected chi connectivity index (χ3v) is 3.84. The van der Waals surface area contributed by atoms with Crippen molar-refractivity contribution in [1.29, 1.82) is 0 Å². The van der Waals surface area contributed by atoms with E-state index in [-0.39, 0.29) is 11.4 Å². The van der Waals surface area contributed by atoms with Crippen molar-refractivity contribution >= 4 is 5.69 Å². The summed E-state index contributed by atoms with van der Waals surface area (Å²) >= 11 is 0. The van der Waals surface area contributed by atoms with E-state index in [1.54, 1.807) is 0 Å². The highest BCUT2D eigenvalue weighted by atomic mass is 19.3. The average Bonchev–Trinajstić information content (AvgIpc) is 3.08. The Hall–Kier alpha value is -3.70. The summed E-state index contributed by atoms with van der Waals surface area (Å²) in [6.07, 6.45) is -2.64. The smallest absolute Gasteiger partial charge is 0.355 e. The lowest BCUT2D eigenvalue weighted by Crippen LogP contribution is -2.33. The molecule has 0 aliphatic heterocycles. The van der Waals surface area contributed by atoms with Crippen molar-refractivity contribution in [3.05, 3.63) is 75.5 Å². The van der Waals surface area contributed by atoms with Crippen LogP contribution in [0.2, 0.25) is 0 Å². The molecule has 8 nitrogen and oxygen atoms in total. The summed E-state index contributed by atoms with van der Waals surface area (Å²) in [5.74, 6) is -4.36. The predicted molar refractivity (Wildman–Crippen MR) is 92.3 cm³/mol. The first-order chi connectivity index (χ1) is 13.7. The topological polar surface area (TPSA) is 92.2 Å². The van der Waals surface area contributed by atoms with E-state index in [1.807, 2.05) is 0 Å². The monoisotopic (exact) mass is 412 g/mol. The van der Waals surface area contributed by atoms with E-state index < -0.39 is 29.6 Å². The molecule has 0 radical (unpaired) electrons. The molecule has 0 amide bonds. The SMILES string of the molecule is O=c1n(-c2ccc(OCC(F)(F)C(F)F)cc2)cnn1-c1ccc([N+](=O)[O-])cc1. The lowest BCUT2D eigenvalue weighted by molar-refractivity contribution is -0.384. The molecule has 2 aromatic carbocycles. The van der Waals surface area contributed by atoms with Crippen LogP contribution < -0.4 is 10.4 Å². The van der Waals surface area contributed by atoms with Gasteiger partial charge in [0, 0.05) is 12.1 Å². The molecule has 0 spiro atoms. The van der Waals surface area contributed by atoms with E-state index in [4.69, 9.17) is 0 Å². The summed E-state index contributed by atoms with van der Waals surface area (Å²) in [5, 5.41) is 14.6. The number of nitro benzene ring substituents is 1. The lowest BCUT2D eigenvalue weighted by Gasteiger charge is -2.16. The van der Waals surface area contributed by atoms with E-state index in [1.165, 1.54) is 54.9 Å². The molecule has 152 valence electrons. The number of benzene rings is 2. The Morgan fingerprint density at radius 3 is 2.21 bits per heavy atom. The molecule has 0 atom stereocenters.